The quantitative estimate of drug-likeness (QED) is 0.295. The number of likely N-dealkylation sites (tertiary alicyclic amines) is 1. The third-order valence-corrected chi connectivity index (χ3v) is 21.9. The van der Waals surface area contributed by atoms with Gasteiger partial charge >= 0.3 is 6.18 Å². The second-order valence-corrected chi connectivity index (χ2v) is 28.8. The van der Waals surface area contributed by atoms with Crippen molar-refractivity contribution < 1.29 is 70.7 Å². The lowest BCUT2D eigenvalue weighted by atomic mass is 9.84. The number of piperidine rings is 1. The number of nitrogens with one attached hydrogen (secondary N) is 3. The summed E-state index contributed by atoms with van der Waals surface area (Å²) in [5.41, 5.74) is -2.33. The van der Waals surface area contributed by atoms with Gasteiger partial charge in [-0.1, -0.05) is 95.7 Å². The first-order chi connectivity index (χ1) is 45.8. The molecular formula is C69H104ClF3N12O12. The summed E-state index contributed by atoms with van der Waals surface area (Å²) in [6, 6.07) is -5.53. The first kappa shape index (κ1) is 77.3. The van der Waals surface area contributed by atoms with E-state index in [9.17, 15) is 51.5 Å². The summed E-state index contributed by atoms with van der Waals surface area (Å²) >= 11 is 6.15. The number of alkyl halides is 3. The predicted octanol–water partition coefficient (Wildman–Crippen LogP) is 5.01. The van der Waals surface area contributed by atoms with Gasteiger partial charge in [0, 0.05) is 69.0 Å². The number of rotatable bonds is 9. The lowest BCUT2D eigenvalue weighted by molar-refractivity contribution is -0.156. The Morgan fingerprint density at radius 1 is 0.639 bits per heavy atom. The maximum absolute atomic E-state index is 15.6. The van der Waals surface area contributed by atoms with Crippen LogP contribution in [-0.2, 0) is 70.1 Å². The summed E-state index contributed by atoms with van der Waals surface area (Å²) in [5.74, 6) is -8.61. The van der Waals surface area contributed by atoms with Gasteiger partial charge in [0.05, 0.1) is 36.6 Å². The van der Waals surface area contributed by atoms with Crippen molar-refractivity contribution in [1.29, 1.82) is 0 Å². The second-order valence-electron chi connectivity index (χ2n) is 28.4. The van der Waals surface area contributed by atoms with E-state index in [1.807, 2.05) is 6.92 Å². The zero-order valence-electron chi connectivity index (χ0n) is 58.4. The van der Waals surface area contributed by atoms with E-state index < -0.39 is 167 Å². The number of carbonyl (C=O) groups is 12. The standard InChI is InChI=1S/C69H104ClF3N12O12/c1-11-43(2)58-65(95)79(6)41-56(88)77(4)42-57(89)81(8)52(38-45-23-14-12-15-24-45)63(93)78(5)40-54(86)74-50(31-29-46-28-30-48(49(70)37-46)69(71,72)73)62(92)85-36-22-27-51(85)61(91)76-68(32-18-19-33-68)67(97)83(10)59(47-25-16-17-26-47)66(96)82(9)53(64(94)84-34-20-13-21-35-84)39-55(87)80(7)44(3)60(90)75-58/h28,30,37,43-45,47,50-53,58-59H,11-27,29,31-36,38-42H2,1-10H3,(H,74,86)(H,75,90)(H,76,91)/t43-,44-,50-,51?,52-,53-,58-,59-/m0/s1. The smallest absolute Gasteiger partial charge is 0.343 e. The molecule has 3 saturated heterocycles. The number of hydrogen-bond donors (Lipinski definition) is 3. The van der Waals surface area contributed by atoms with E-state index in [2.05, 4.69) is 16.0 Å². The van der Waals surface area contributed by atoms with Gasteiger partial charge in [0.2, 0.25) is 70.9 Å². The molecule has 3 heterocycles. The van der Waals surface area contributed by atoms with Gasteiger partial charge in [-0.3, -0.25) is 57.5 Å². The minimum absolute atomic E-state index is 0.0224. The van der Waals surface area contributed by atoms with Gasteiger partial charge in [-0.05, 0) is 119 Å². The van der Waals surface area contributed by atoms with Crippen molar-refractivity contribution in [2.24, 2.45) is 17.8 Å². The predicted molar refractivity (Wildman–Crippen MR) is 355 cm³/mol. The number of amides is 12. The summed E-state index contributed by atoms with van der Waals surface area (Å²) in [7, 11) is 9.89. The van der Waals surface area contributed by atoms with E-state index in [1.165, 1.54) is 81.9 Å². The monoisotopic (exact) mass is 1380 g/mol. The number of carbonyl (C=O) groups excluding carboxylic acids is 12. The van der Waals surface area contributed by atoms with Gasteiger partial charge in [-0.15, -0.1) is 0 Å². The molecule has 540 valence electrons. The number of halogens is 4. The van der Waals surface area contributed by atoms with Crippen molar-refractivity contribution in [2.75, 3.05) is 88.6 Å². The molecule has 3 aliphatic carbocycles. The lowest BCUT2D eigenvalue weighted by Crippen LogP contribution is -2.65. The average Bonchev–Trinajstić information content (AvgIpc) is 1.69. The molecule has 24 nitrogen and oxygen atoms in total. The molecule has 7 rings (SSSR count). The van der Waals surface area contributed by atoms with E-state index >= 15 is 19.2 Å². The molecule has 0 aromatic heterocycles. The fourth-order valence-corrected chi connectivity index (χ4v) is 15.3. The number of benzene rings is 1. The van der Waals surface area contributed by atoms with Crippen molar-refractivity contribution in [3.63, 3.8) is 0 Å². The summed E-state index contributed by atoms with van der Waals surface area (Å²) in [6.07, 6.45) is 6.12. The highest BCUT2D eigenvalue weighted by atomic mass is 35.5. The van der Waals surface area contributed by atoms with Crippen molar-refractivity contribution >= 4 is 82.5 Å². The first-order valence-corrected chi connectivity index (χ1v) is 35.3. The van der Waals surface area contributed by atoms with Gasteiger partial charge in [-0.25, -0.2) is 0 Å². The van der Waals surface area contributed by atoms with Crippen LogP contribution in [0.25, 0.3) is 0 Å². The summed E-state index contributed by atoms with van der Waals surface area (Å²) in [4.78, 5) is 188. The average molecular weight is 1390 g/mol. The molecule has 1 spiro atoms. The fraction of sp³-hybridized carbons (Fsp3) is 0.739. The van der Waals surface area contributed by atoms with Gasteiger partial charge in [0.25, 0.3) is 0 Å². The summed E-state index contributed by atoms with van der Waals surface area (Å²) < 4.78 is 41.5. The SMILES string of the molecule is CC[C@H](C)[C@@H]1NC(=O)[C@H](C)N(C)C(=O)C[C@@H](C(=O)N2CCCCC2)N(C)C(=O)[C@H](C2CCCC2)N(C)C(=O)C2(CCCC2)NC(=O)C2CCCN2C(=O)[C@H](CCc2ccc(C(F)(F)F)c(Cl)c2)NC(=O)CN(C)C(=O)[C@H](CC2CCCCC2)N(C)C(=O)CN(C)C(=O)CN(C)C1=O. The molecule has 97 heavy (non-hydrogen) atoms. The van der Waals surface area contributed by atoms with Crippen molar-refractivity contribution in [2.45, 2.75) is 222 Å². The minimum atomic E-state index is -4.76. The van der Waals surface area contributed by atoms with Crippen LogP contribution < -0.4 is 16.0 Å². The van der Waals surface area contributed by atoms with Crippen LogP contribution in [0.5, 0.6) is 0 Å². The number of fused-ring (bicyclic) bond motifs is 1. The highest BCUT2D eigenvalue weighted by molar-refractivity contribution is 6.31. The molecule has 1 unspecified atom stereocenters. The highest BCUT2D eigenvalue weighted by Gasteiger charge is 2.51. The number of aryl methyl sites for hydroxylation is 1. The van der Waals surface area contributed by atoms with Crippen LogP contribution in [-0.4, -0.2) is 251 Å². The molecule has 6 aliphatic rings. The van der Waals surface area contributed by atoms with Crippen molar-refractivity contribution in [1.82, 2.24) is 60.0 Å². The molecule has 6 fully saturated rings. The molecule has 1 aromatic rings. The third kappa shape index (κ3) is 19.0. The Bertz CT molecular complexity index is 3040. The number of nitrogens with zero attached hydrogens (tertiary/aromatic N) is 9. The van der Waals surface area contributed by atoms with Crippen LogP contribution in [0, 0.1) is 17.8 Å². The zero-order valence-corrected chi connectivity index (χ0v) is 59.2. The highest BCUT2D eigenvalue weighted by Crippen LogP contribution is 2.39. The normalized spacial score (nSPS) is 27.2. The van der Waals surface area contributed by atoms with Gasteiger partial charge < -0.3 is 60.0 Å². The molecule has 0 radical (unpaired) electrons. The molecule has 28 heteroatoms. The Morgan fingerprint density at radius 2 is 1.25 bits per heavy atom. The van der Waals surface area contributed by atoms with Crippen molar-refractivity contribution in [3.05, 3.63) is 34.3 Å². The number of hydrogen-bond acceptors (Lipinski definition) is 12. The third-order valence-electron chi connectivity index (χ3n) is 21.6. The first-order valence-electron chi connectivity index (χ1n) is 35.0. The van der Waals surface area contributed by atoms with Crippen LogP contribution in [0.3, 0.4) is 0 Å². The molecule has 12 amide bonds. The fourth-order valence-electron chi connectivity index (χ4n) is 15.0. The second kappa shape index (κ2) is 34.1. The molecule has 3 N–H and O–H groups in total. The minimum Gasteiger partial charge on any atom is -0.343 e. The van der Waals surface area contributed by atoms with Gasteiger partial charge in [0.1, 0.15) is 47.8 Å². The van der Waals surface area contributed by atoms with Crippen LogP contribution in [0.4, 0.5) is 13.2 Å². The maximum Gasteiger partial charge on any atom is 0.417 e. The van der Waals surface area contributed by atoms with Gasteiger partial charge in [-0.2, -0.15) is 13.2 Å². The zero-order chi connectivity index (χ0) is 71.4. The maximum atomic E-state index is 15.6. The lowest BCUT2D eigenvalue weighted by Gasteiger charge is -2.42. The largest absolute Gasteiger partial charge is 0.417 e. The van der Waals surface area contributed by atoms with Gasteiger partial charge in [0.15, 0.2) is 0 Å². The topological polar surface area (TPSA) is 270 Å². The summed E-state index contributed by atoms with van der Waals surface area (Å²) in [5, 5.41) is 8.05. The van der Waals surface area contributed by atoms with Crippen molar-refractivity contribution in [3.8, 4) is 0 Å². The Balaban J connectivity index is 1.26. The Morgan fingerprint density at radius 3 is 1.87 bits per heavy atom. The Hall–Kier alpha value is -7.06. The molecule has 8 atom stereocenters. The molecule has 3 aliphatic heterocycles. The molecular weight excluding hydrogens is 1280 g/mol. The Kier molecular flexibility index (Phi) is 27.2. The molecule has 1 aromatic carbocycles. The van der Waals surface area contributed by atoms with Crippen LogP contribution in [0.2, 0.25) is 5.02 Å². The van der Waals surface area contributed by atoms with Crippen LogP contribution >= 0.6 is 11.6 Å². The number of likely N-dealkylation sites (N-methyl/N-ethyl adjacent to an activating group) is 7. The molecule has 0 bridgehead atoms. The Labute approximate surface area is 574 Å². The van der Waals surface area contributed by atoms with E-state index in [1.54, 1.807) is 11.8 Å². The van der Waals surface area contributed by atoms with Crippen LogP contribution in [0.15, 0.2) is 18.2 Å². The molecule has 3 saturated carbocycles. The van der Waals surface area contributed by atoms with E-state index in [0.717, 1.165) is 83.1 Å². The van der Waals surface area contributed by atoms with E-state index in [0.29, 0.717) is 70.0 Å². The van der Waals surface area contributed by atoms with E-state index in [-0.39, 0.29) is 56.9 Å². The van der Waals surface area contributed by atoms with E-state index in [4.69, 9.17) is 11.6 Å². The van der Waals surface area contributed by atoms with Crippen LogP contribution in [0.1, 0.15) is 173 Å². The summed E-state index contributed by atoms with van der Waals surface area (Å²) in [6.45, 7) is 4.16.